The molecule has 0 aliphatic heterocycles. The van der Waals surface area contributed by atoms with Crippen molar-refractivity contribution in [3.8, 4) is 11.4 Å². The molecular formula is C19H26ClN3. The van der Waals surface area contributed by atoms with Crippen molar-refractivity contribution in [2.45, 2.75) is 65.2 Å². The number of halogens is 1. The van der Waals surface area contributed by atoms with Crippen LogP contribution >= 0.6 is 11.6 Å². The van der Waals surface area contributed by atoms with Gasteiger partial charge in [-0.25, -0.2) is 15.0 Å². The maximum atomic E-state index is 5.98. The summed E-state index contributed by atoms with van der Waals surface area (Å²) in [4.78, 5) is 14.0. The van der Waals surface area contributed by atoms with Gasteiger partial charge in [0.05, 0.1) is 0 Å². The largest absolute Gasteiger partial charge is 0.218 e. The highest BCUT2D eigenvalue weighted by atomic mass is 35.5. The van der Waals surface area contributed by atoms with Crippen LogP contribution in [0.1, 0.15) is 64.0 Å². The highest BCUT2D eigenvalue weighted by molar-refractivity contribution is 6.30. The topological polar surface area (TPSA) is 38.7 Å². The molecule has 0 amide bonds. The van der Waals surface area contributed by atoms with Crippen molar-refractivity contribution >= 4 is 11.6 Å². The molecule has 2 rings (SSSR count). The van der Waals surface area contributed by atoms with E-state index >= 15 is 0 Å². The number of rotatable bonds is 9. The zero-order chi connectivity index (χ0) is 16.5. The van der Waals surface area contributed by atoms with Crippen LogP contribution in [0.5, 0.6) is 0 Å². The van der Waals surface area contributed by atoms with Crippen LogP contribution in [0.4, 0.5) is 0 Å². The zero-order valence-electron chi connectivity index (χ0n) is 14.2. The molecule has 4 heteroatoms. The van der Waals surface area contributed by atoms with Gasteiger partial charge < -0.3 is 0 Å². The fourth-order valence-electron chi connectivity index (χ4n) is 2.49. The molecular weight excluding hydrogens is 306 g/mol. The summed E-state index contributed by atoms with van der Waals surface area (Å²) < 4.78 is 0. The van der Waals surface area contributed by atoms with Gasteiger partial charge in [0.15, 0.2) is 5.82 Å². The second-order valence-electron chi connectivity index (χ2n) is 5.91. The average Bonchev–Trinajstić information content (AvgIpc) is 2.56. The van der Waals surface area contributed by atoms with E-state index in [2.05, 4.69) is 28.8 Å². The lowest BCUT2D eigenvalue weighted by Crippen LogP contribution is -2.06. The summed E-state index contributed by atoms with van der Waals surface area (Å²) in [6, 6.07) is 7.72. The van der Waals surface area contributed by atoms with Crippen molar-refractivity contribution in [1.29, 1.82) is 0 Å². The minimum absolute atomic E-state index is 0.731. The van der Waals surface area contributed by atoms with Crippen LogP contribution in [0.25, 0.3) is 11.4 Å². The van der Waals surface area contributed by atoms with E-state index < -0.39 is 0 Å². The van der Waals surface area contributed by atoms with Gasteiger partial charge in [0, 0.05) is 23.4 Å². The third kappa shape index (κ3) is 5.91. The molecule has 0 aliphatic rings. The lowest BCUT2D eigenvalue weighted by Gasteiger charge is -2.08. The summed E-state index contributed by atoms with van der Waals surface area (Å²) >= 11 is 5.98. The van der Waals surface area contributed by atoms with E-state index in [0.717, 1.165) is 53.7 Å². The minimum Gasteiger partial charge on any atom is -0.218 e. The van der Waals surface area contributed by atoms with Crippen LogP contribution < -0.4 is 0 Å². The first-order valence-electron chi connectivity index (χ1n) is 8.72. The van der Waals surface area contributed by atoms with Gasteiger partial charge in [-0.1, -0.05) is 51.1 Å². The smallest absolute Gasteiger partial charge is 0.163 e. The molecule has 0 bridgehead atoms. The number of aryl methyl sites for hydroxylation is 2. The summed E-state index contributed by atoms with van der Waals surface area (Å²) in [5.74, 6) is 2.62. The molecule has 0 N–H and O–H groups in total. The molecule has 23 heavy (non-hydrogen) atoms. The molecule has 0 fully saturated rings. The van der Waals surface area contributed by atoms with Crippen molar-refractivity contribution in [2.24, 2.45) is 0 Å². The van der Waals surface area contributed by atoms with Gasteiger partial charge in [-0.05, 0) is 37.1 Å². The van der Waals surface area contributed by atoms with E-state index in [1.807, 2.05) is 24.3 Å². The van der Waals surface area contributed by atoms with Gasteiger partial charge in [-0.15, -0.1) is 0 Å². The maximum Gasteiger partial charge on any atom is 0.163 e. The number of nitrogens with zero attached hydrogens (tertiary/aromatic N) is 3. The molecule has 0 radical (unpaired) electrons. The van der Waals surface area contributed by atoms with E-state index in [9.17, 15) is 0 Å². The van der Waals surface area contributed by atoms with Gasteiger partial charge in [-0.2, -0.15) is 0 Å². The Labute approximate surface area is 144 Å². The van der Waals surface area contributed by atoms with Crippen molar-refractivity contribution < 1.29 is 0 Å². The lowest BCUT2D eigenvalue weighted by molar-refractivity contribution is 0.661. The summed E-state index contributed by atoms with van der Waals surface area (Å²) in [6.07, 6.45) is 8.97. The standard InChI is InChI=1S/C19H26ClN3/c1-3-5-7-9-17-21-18(10-8-6-4-2)23-19(22-17)15-11-13-16(20)14-12-15/h11-14H,3-10H2,1-2H3. The Hall–Kier alpha value is -1.48. The highest BCUT2D eigenvalue weighted by Gasteiger charge is 2.09. The Morgan fingerprint density at radius 1 is 0.739 bits per heavy atom. The predicted octanol–water partition coefficient (Wildman–Crippen LogP) is 5.66. The summed E-state index contributed by atoms with van der Waals surface area (Å²) in [5.41, 5.74) is 1.00. The fraction of sp³-hybridized carbons (Fsp3) is 0.526. The SMILES string of the molecule is CCCCCc1nc(CCCCC)nc(-c2ccc(Cl)cc2)n1. The molecule has 0 saturated heterocycles. The fourth-order valence-corrected chi connectivity index (χ4v) is 2.61. The van der Waals surface area contributed by atoms with Gasteiger partial charge >= 0.3 is 0 Å². The summed E-state index contributed by atoms with van der Waals surface area (Å²) in [6.45, 7) is 4.42. The van der Waals surface area contributed by atoms with Crippen LogP contribution in [-0.2, 0) is 12.8 Å². The van der Waals surface area contributed by atoms with Crippen LogP contribution in [0, 0.1) is 0 Å². The molecule has 0 aliphatic carbocycles. The molecule has 1 aromatic carbocycles. The first kappa shape index (κ1) is 17.9. The Morgan fingerprint density at radius 3 is 1.74 bits per heavy atom. The first-order valence-corrected chi connectivity index (χ1v) is 9.10. The summed E-state index contributed by atoms with van der Waals surface area (Å²) in [5, 5.41) is 0.731. The molecule has 0 unspecified atom stereocenters. The molecule has 1 aromatic heterocycles. The quantitative estimate of drug-likeness (QED) is 0.557. The number of aromatic nitrogens is 3. The van der Waals surface area contributed by atoms with E-state index in [0.29, 0.717) is 0 Å². The van der Waals surface area contributed by atoms with Gasteiger partial charge in [0.1, 0.15) is 11.6 Å². The maximum absolute atomic E-state index is 5.98. The van der Waals surface area contributed by atoms with Crippen molar-refractivity contribution in [2.75, 3.05) is 0 Å². The number of unbranched alkanes of at least 4 members (excludes halogenated alkanes) is 4. The third-order valence-electron chi connectivity index (χ3n) is 3.84. The van der Waals surface area contributed by atoms with Gasteiger partial charge in [0.2, 0.25) is 0 Å². The van der Waals surface area contributed by atoms with Crippen LogP contribution in [0.15, 0.2) is 24.3 Å². The molecule has 3 nitrogen and oxygen atoms in total. The lowest BCUT2D eigenvalue weighted by atomic mass is 10.1. The van der Waals surface area contributed by atoms with Crippen molar-refractivity contribution in [3.63, 3.8) is 0 Å². The van der Waals surface area contributed by atoms with Crippen LogP contribution in [-0.4, -0.2) is 15.0 Å². The molecule has 0 saturated carbocycles. The van der Waals surface area contributed by atoms with Crippen molar-refractivity contribution in [3.05, 3.63) is 40.9 Å². The molecule has 0 spiro atoms. The zero-order valence-corrected chi connectivity index (χ0v) is 14.9. The van der Waals surface area contributed by atoms with E-state index in [1.54, 1.807) is 0 Å². The highest BCUT2D eigenvalue weighted by Crippen LogP contribution is 2.19. The second-order valence-corrected chi connectivity index (χ2v) is 6.35. The van der Waals surface area contributed by atoms with E-state index in [-0.39, 0.29) is 0 Å². The third-order valence-corrected chi connectivity index (χ3v) is 4.09. The van der Waals surface area contributed by atoms with Crippen LogP contribution in [0.2, 0.25) is 5.02 Å². The van der Waals surface area contributed by atoms with Crippen LogP contribution in [0.3, 0.4) is 0 Å². The normalized spacial score (nSPS) is 10.9. The number of hydrogen-bond donors (Lipinski definition) is 0. The van der Waals surface area contributed by atoms with E-state index in [1.165, 1.54) is 25.7 Å². The molecule has 124 valence electrons. The molecule has 0 atom stereocenters. The second kappa shape index (κ2) is 9.61. The predicted molar refractivity (Wildman–Crippen MR) is 96.7 cm³/mol. The summed E-state index contributed by atoms with van der Waals surface area (Å²) in [7, 11) is 0. The Balaban J connectivity index is 2.22. The number of benzene rings is 1. The van der Waals surface area contributed by atoms with Gasteiger partial charge in [0.25, 0.3) is 0 Å². The van der Waals surface area contributed by atoms with E-state index in [4.69, 9.17) is 11.6 Å². The van der Waals surface area contributed by atoms with Gasteiger partial charge in [-0.3, -0.25) is 0 Å². The Bertz CT molecular complexity index is 568. The Morgan fingerprint density at radius 2 is 1.26 bits per heavy atom. The molecule has 2 aromatic rings. The number of hydrogen-bond acceptors (Lipinski definition) is 3. The average molecular weight is 332 g/mol. The van der Waals surface area contributed by atoms with Crippen molar-refractivity contribution in [1.82, 2.24) is 15.0 Å². The molecule has 1 heterocycles. The minimum atomic E-state index is 0.731. The first-order chi connectivity index (χ1) is 11.2. The Kier molecular flexibility index (Phi) is 7.47. The monoisotopic (exact) mass is 331 g/mol.